The van der Waals surface area contributed by atoms with Crippen LogP contribution < -0.4 is 14.8 Å². The molecule has 8 nitrogen and oxygen atoms in total. The van der Waals surface area contributed by atoms with Crippen molar-refractivity contribution in [2.45, 2.75) is 25.2 Å². The first-order valence-electron chi connectivity index (χ1n) is 9.36. The number of anilines is 2. The maximum atomic E-state index is 13.1. The standard InChI is InChI=1S/C21H23FN4O4S/c1-13-18(14(2)26(3)24-13)12-21(27)23-16-7-10-20(30-4)19(11-16)25-31(28,29)17-8-5-15(22)6-9-17/h5-11,25H,12H2,1-4H3,(H,23,27). The van der Waals surface area contributed by atoms with Crippen LogP contribution in [0.15, 0.2) is 47.4 Å². The van der Waals surface area contributed by atoms with Crippen LogP contribution in [0.1, 0.15) is 17.0 Å². The summed E-state index contributed by atoms with van der Waals surface area (Å²) >= 11 is 0. The first kappa shape index (κ1) is 22.3. The number of rotatable bonds is 7. The Hall–Kier alpha value is -3.40. The van der Waals surface area contributed by atoms with E-state index in [0.717, 1.165) is 41.2 Å². The number of nitrogens with zero attached hydrogens (tertiary/aromatic N) is 2. The summed E-state index contributed by atoms with van der Waals surface area (Å²) in [7, 11) is -0.773. The third-order valence-corrected chi connectivity index (χ3v) is 6.23. The summed E-state index contributed by atoms with van der Waals surface area (Å²) < 4.78 is 47.8. The van der Waals surface area contributed by atoms with Gasteiger partial charge in [-0.1, -0.05) is 0 Å². The number of ether oxygens (including phenoxy) is 1. The van der Waals surface area contributed by atoms with Crippen molar-refractivity contribution in [2.24, 2.45) is 7.05 Å². The van der Waals surface area contributed by atoms with Crippen LogP contribution in [-0.4, -0.2) is 31.2 Å². The Labute approximate surface area is 180 Å². The molecular formula is C21H23FN4O4S. The van der Waals surface area contributed by atoms with Gasteiger partial charge in [0.2, 0.25) is 5.91 Å². The van der Waals surface area contributed by atoms with Crippen molar-refractivity contribution >= 4 is 27.3 Å². The van der Waals surface area contributed by atoms with Gasteiger partial charge in [-0.25, -0.2) is 12.8 Å². The van der Waals surface area contributed by atoms with Crippen molar-refractivity contribution in [2.75, 3.05) is 17.1 Å². The van der Waals surface area contributed by atoms with Gasteiger partial charge in [-0.05, 0) is 56.3 Å². The molecule has 0 radical (unpaired) electrons. The van der Waals surface area contributed by atoms with E-state index >= 15 is 0 Å². The molecule has 0 saturated heterocycles. The minimum Gasteiger partial charge on any atom is -0.495 e. The fourth-order valence-corrected chi connectivity index (χ4v) is 4.18. The van der Waals surface area contributed by atoms with Crippen LogP contribution in [0.4, 0.5) is 15.8 Å². The van der Waals surface area contributed by atoms with Crippen LogP contribution in [0.25, 0.3) is 0 Å². The van der Waals surface area contributed by atoms with Gasteiger partial charge >= 0.3 is 0 Å². The lowest BCUT2D eigenvalue weighted by Crippen LogP contribution is -2.17. The molecule has 0 bridgehead atoms. The Balaban J connectivity index is 1.81. The molecule has 0 aliphatic carbocycles. The molecule has 3 aromatic rings. The molecule has 2 N–H and O–H groups in total. The number of benzene rings is 2. The van der Waals surface area contributed by atoms with Gasteiger partial charge in [0.25, 0.3) is 10.0 Å². The number of carbonyl (C=O) groups is 1. The second kappa shape index (κ2) is 8.76. The van der Waals surface area contributed by atoms with E-state index in [1.807, 2.05) is 20.9 Å². The molecule has 0 unspecified atom stereocenters. The van der Waals surface area contributed by atoms with Crippen molar-refractivity contribution in [3.8, 4) is 5.75 Å². The molecule has 0 atom stereocenters. The number of aryl methyl sites for hydroxylation is 2. The molecule has 10 heteroatoms. The van der Waals surface area contributed by atoms with Crippen LogP contribution in [0.2, 0.25) is 0 Å². The zero-order valence-electron chi connectivity index (χ0n) is 17.6. The molecule has 1 aromatic heterocycles. The van der Waals surface area contributed by atoms with Crippen LogP contribution in [-0.2, 0) is 28.3 Å². The van der Waals surface area contributed by atoms with Gasteiger partial charge in [-0.2, -0.15) is 5.10 Å². The highest BCUT2D eigenvalue weighted by atomic mass is 32.2. The molecule has 3 rings (SSSR count). The van der Waals surface area contributed by atoms with Gasteiger partial charge in [-0.3, -0.25) is 14.2 Å². The average Bonchev–Trinajstić information content (AvgIpc) is 2.94. The van der Waals surface area contributed by atoms with E-state index in [9.17, 15) is 17.6 Å². The largest absolute Gasteiger partial charge is 0.495 e. The number of methoxy groups -OCH3 is 1. The Morgan fingerprint density at radius 1 is 1.16 bits per heavy atom. The van der Waals surface area contributed by atoms with Gasteiger partial charge in [0.05, 0.1) is 29.8 Å². The molecule has 1 heterocycles. The molecule has 0 aliphatic heterocycles. The summed E-state index contributed by atoms with van der Waals surface area (Å²) in [6.45, 7) is 3.73. The summed E-state index contributed by atoms with van der Waals surface area (Å²) in [4.78, 5) is 12.4. The molecule has 0 fully saturated rings. The highest BCUT2D eigenvalue weighted by molar-refractivity contribution is 7.92. The number of nitrogens with one attached hydrogen (secondary N) is 2. The maximum absolute atomic E-state index is 13.1. The normalized spacial score (nSPS) is 11.3. The molecule has 0 spiro atoms. The predicted octanol–water partition coefficient (Wildman–Crippen LogP) is 3.17. The number of carbonyl (C=O) groups excluding carboxylic acids is 1. The summed E-state index contributed by atoms with van der Waals surface area (Å²) in [5.41, 5.74) is 3.04. The van der Waals surface area contributed by atoms with Crippen LogP contribution in [0.5, 0.6) is 5.75 Å². The number of hydrogen-bond acceptors (Lipinski definition) is 5. The molecule has 2 aromatic carbocycles. The fourth-order valence-electron chi connectivity index (χ4n) is 3.12. The summed E-state index contributed by atoms with van der Waals surface area (Å²) in [6.07, 6.45) is 0.133. The van der Waals surface area contributed by atoms with E-state index in [0.29, 0.717) is 5.69 Å². The predicted molar refractivity (Wildman–Crippen MR) is 115 cm³/mol. The number of hydrogen-bond donors (Lipinski definition) is 2. The third-order valence-electron chi connectivity index (χ3n) is 4.85. The number of aromatic nitrogens is 2. The van der Waals surface area contributed by atoms with Gasteiger partial charge in [-0.15, -0.1) is 0 Å². The molecule has 1 amide bonds. The zero-order chi connectivity index (χ0) is 22.8. The van der Waals surface area contributed by atoms with Crippen molar-refractivity contribution in [1.29, 1.82) is 0 Å². The van der Waals surface area contributed by atoms with Crippen LogP contribution >= 0.6 is 0 Å². The molecule has 0 saturated carbocycles. The lowest BCUT2D eigenvalue weighted by molar-refractivity contribution is -0.115. The zero-order valence-corrected chi connectivity index (χ0v) is 18.4. The van der Waals surface area contributed by atoms with E-state index in [-0.39, 0.29) is 28.7 Å². The van der Waals surface area contributed by atoms with E-state index in [1.54, 1.807) is 16.8 Å². The average molecular weight is 447 g/mol. The maximum Gasteiger partial charge on any atom is 0.262 e. The first-order chi connectivity index (χ1) is 14.6. The lowest BCUT2D eigenvalue weighted by Gasteiger charge is -2.14. The molecule has 0 aliphatic rings. The van der Waals surface area contributed by atoms with E-state index < -0.39 is 15.8 Å². The SMILES string of the molecule is COc1ccc(NC(=O)Cc2c(C)nn(C)c2C)cc1NS(=O)(=O)c1ccc(F)cc1. The van der Waals surface area contributed by atoms with Crippen molar-refractivity contribution in [3.63, 3.8) is 0 Å². The minimum atomic E-state index is -3.99. The fraction of sp³-hybridized carbons (Fsp3) is 0.238. The minimum absolute atomic E-state index is 0.104. The lowest BCUT2D eigenvalue weighted by atomic mass is 10.1. The second-order valence-corrected chi connectivity index (χ2v) is 8.65. The quantitative estimate of drug-likeness (QED) is 0.580. The Bertz CT molecular complexity index is 1220. The smallest absolute Gasteiger partial charge is 0.262 e. The summed E-state index contributed by atoms with van der Waals surface area (Å²) in [6, 6.07) is 9.05. The number of amides is 1. The van der Waals surface area contributed by atoms with Crippen LogP contribution in [0.3, 0.4) is 0 Å². The van der Waals surface area contributed by atoms with Gasteiger partial charge in [0.15, 0.2) is 0 Å². The topological polar surface area (TPSA) is 102 Å². The van der Waals surface area contributed by atoms with Crippen LogP contribution in [0, 0.1) is 19.7 Å². The van der Waals surface area contributed by atoms with Gasteiger partial charge in [0, 0.05) is 24.0 Å². The Kier molecular flexibility index (Phi) is 6.30. The summed E-state index contributed by atoms with van der Waals surface area (Å²) in [5, 5.41) is 7.06. The highest BCUT2D eigenvalue weighted by Crippen LogP contribution is 2.30. The van der Waals surface area contributed by atoms with E-state index in [4.69, 9.17) is 4.74 Å². The molecule has 31 heavy (non-hydrogen) atoms. The summed E-state index contributed by atoms with van der Waals surface area (Å²) in [5.74, 6) is -0.542. The van der Waals surface area contributed by atoms with Gasteiger partial charge in [0.1, 0.15) is 11.6 Å². The molecule has 164 valence electrons. The number of sulfonamides is 1. The van der Waals surface area contributed by atoms with E-state index in [1.165, 1.54) is 13.2 Å². The second-order valence-electron chi connectivity index (χ2n) is 6.97. The number of halogens is 1. The van der Waals surface area contributed by atoms with Crippen molar-refractivity contribution < 1.29 is 22.3 Å². The monoisotopic (exact) mass is 446 g/mol. The van der Waals surface area contributed by atoms with E-state index in [2.05, 4.69) is 15.1 Å². The Morgan fingerprint density at radius 2 is 1.84 bits per heavy atom. The van der Waals surface area contributed by atoms with Crippen molar-refractivity contribution in [1.82, 2.24) is 9.78 Å². The highest BCUT2D eigenvalue weighted by Gasteiger charge is 2.18. The third kappa shape index (κ3) is 5.02. The molecular weight excluding hydrogens is 423 g/mol. The first-order valence-corrected chi connectivity index (χ1v) is 10.8. The van der Waals surface area contributed by atoms with Crippen molar-refractivity contribution in [3.05, 3.63) is 65.2 Å². The Morgan fingerprint density at radius 3 is 2.42 bits per heavy atom. The van der Waals surface area contributed by atoms with Gasteiger partial charge < -0.3 is 10.1 Å².